The molecule has 24 heavy (non-hydrogen) atoms. The van der Waals surface area contributed by atoms with Crippen LogP contribution in [-0.2, 0) is 9.53 Å². The summed E-state index contributed by atoms with van der Waals surface area (Å²) >= 11 is 0. The SMILES string of the molecule is Cc1cc(F)ccc1C1CCN(C(=O)O)CC1C(=O)OC(C)(C)C. The second-order valence-electron chi connectivity index (χ2n) is 7.26. The van der Waals surface area contributed by atoms with E-state index in [1.54, 1.807) is 33.8 Å². The molecule has 1 saturated heterocycles. The van der Waals surface area contributed by atoms with Gasteiger partial charge in [0.05, 0.1) is 5.92 Å². The Bertz CT molecular complexity index is 638. The lowest BCUT2D eigenvalue weighted by Crippen LogP contribution is -2.46. The van der Waals surface area contributed by atoms with Crippen molar-refractivity contribution in [1.82, 2.24) is 4.90 Å². The van der Waals surface area contributed by atoms with Crippen molar-refractivity contribution < 1.29 is 23.8 Å². The van der Waals surface area contributed by atoms with Gasteiger partial charge in [0.2, 0.25) is 0 Å². The highest BCUT2D eigenvalue weighted by Gasteiger charge is 2.39. The lowest BCUT2D eigenvalue weighted by Gasteiger charge is -2.37. The summed E-state index contributed by atoms with van der Waals surface area (Å²) < 4.78 is 18.9. The molecule has 2 rings (SSSR count). The van der Waals surface area contributed by atoms with E-state index in [4.69, 9.17) is 4.74 Å². The fraction of sp³-hybridized carbons (Fsp3) is 0.556. The molecule has 1 aliphatic heterocycles. The summed E-state index contributed by atoms with van der Waals surface area (Å²) in [4.78, 5) is 25.2. The third kappa shape index (κ3) is 4.24. The average molecular weight is 337 g/mol. The van der Waals surface area contributed by atoms with E-state index in [9.17, 15) is 19.1 Å². The number of aryl methyl sites for hydroxylation is 1. The first-order valence-electron chi connectivity index (χ1n) is 8.05. The van der Waals surface area contributed by atoms with Gasteiger partial charge in [-0.2, -0.15) is 0 Å². The molecule has 5 nitrogen and oxygen atoms in total. The number of carbonyl (C=O) groups is 2. The molecule has 1 heterocycles. The first-order chi connectivity index (χ1) is 11.1. The number of amides is 1. The number of likely N-dealkylation sites (tertiary alicyclic amines) is 1. The maximum Gasteiger partial charge on any atom is 0.407 e. The molecule has 0 bridgehead atoms. The van der Waals surface area contributed by atoms with Crippen molar-refractivity contribution in [1.29, 1.82) is 0 Å². The van der Waals surface area contributed by atoms with Crippen LogP contribution in [-0.4, -0.2) is 40.8 Å². The third-order valence-corrected chi connectivity index (χ3v) is 4.22. The van der Waals surface area contributed by atoms with E-state index in [0.717, 1.165) is 11.1 Å². The van der Waals surface area contributed by atoms with Gasteiger partial charge in [0, 0.05) is 19.0 Å². The Labute approximate surface area is 141 Å². The second kappa shape index (κ2) is 6.79. The van der Waals surface area contributed by atoms with Gasteiger partial charge >= 0.3 is 12.1 Å². The van der Waals surface area contributed by atoms with Gasteiger partial charge in [-0.25, -0.2) is 9.18 Å². The molecule has 2 atom stereocenters. The fourth-order valence-electron chi connectivity index (χ4n) is 3.17. The minimum atomic E-state index is -1.04. The number of benzene rings is 1. The minimum absolute atomic E-state index is 0.0890. The first kappa shape index (κ1) is 18.2. The van der Waals surface area contributed by atoms with Crippen LogP contribution in [0.2, 0.25) is 0 Å². The Balaban J connectivity index is 2.33. The monoisotopic (exact) mass is 337 g/mol. The van der Waals surface area contributed by atoms with Crippen LogP contribution < -0.4 is 0 Å². The largest absolute Gasteiger partial charge is 0.465 e. The summed E-state index contributed by atoms with van der Waals surface area (Å²) in [6.07, 6.45) is -0.541. The predicted octanol–water partition coefficient (Wildman–Crippen LogP) is 3.56. The van der Waals surface area contributed by atoms with Crippen molar-refractivity contribution in [3.05, 3.63) is 35.1 Å². The maximum absolute atomic E-state index is 13.4. The zero-order valence-electron chi connectivity index (χ0n) is 14.5. The summed E-state index contributed by atoms with van der Waals surface area (Å²) in [7, 11) is 0. The number of piperidine rings is 1. The van der Waals surface area contributed by atoms with Crippen molar-refractivity contribution >= 4 is 12.1 Å². The van der Waals surface area contributed by atoms with E-state index in [1.165, 1.54) is 17.0 Å². The number of halogens is 1. The quantitative estimate of drug-likeness (QED) is 0.838. The number of hydrogen-bond acceptors (Lipinski definition) is 3. The van der Waals surface area contributed by atoms with Gasteiger partial charge in [-0.05, 0) is 57.4 Å². The molecule has 0 saturated carbocycles. The molecule has 6 heteroatoms. The highest BCUT2D eigenvalue weighted by atomic mass is 19.1. The number of hydrogen-bond donors (Lipinski definition) is 1. The standard InChI is InChI=1S/C18H24FNO4/c1-11-9-12(19)5-6-13(11)14-7-8-20(17(22)23)10-15(14)16(21)24-18(2,3)4/h5-6,9,14-15H,7-8,10H2,1-4H3,(H,22,23). The molecule has 1 aromatic carbocycles. The van der Waals surface area contributed by atoms with Crippen LogP contribution >= 0.6 is 0 Å². The van der Waals surface area contributed by atoms with Gasteiger partial charge in [0.15, 0.2) is 0 Å². The van der Waals surface area contributed by atoms with Gasteiger partial charge in [-0.3, -0.25) is 4.79 Å². The Morgan fingerprint density at radius 1 is 1.33 bits per heavy atom. The molecule has 1 N–H and O–H groups in total. The van der Waals surface area contributed by atoms with Gasteiger partial charge in [0.1, 0.15) is 11.4 Å². The molecule has 132 valence electrons. The second-order valence-corrected chi connectivity index (χ2v) is 7.26. The summed E-state index contributed by atoms with van der Waals surface area (Å²) in [6, 6.07) is 4.49. The normalized spacial score (nSPS) is 21.5. The van der Waals surface area contributed by atoms with Crippen molar-refractivity contribution in [2.45, 2.75) is 45.6 Å². The Kier molecular flexibility index (Phi) is 5.16. The molecule has 1 aliphatic rings. The molecule has 0 spiro atoms. The Morgan fingerprint density at radius 2 is 2.00 bits per heavy atom. The summed E-state index contributed by atoms with van der Waals surface area (Å²) in [5.74, 6) is -1.52. The molecular weight excluding hydrogens is 313 g/mol. The van der Waals surface area contributed by atoms with Crippen LogP contribution in [0.15, 0.2) is 18.2 Å². The van der Waals surface area contributed by atoms with Crippen molar-refractivity contribution in [3.8, 4) is 0 Å². The van der Waals surface area contributed by atoms with E-state index in [1.807, 2.05) is 0 Å². The van der Waals surface area contributed by atoms with Crippen LogP contribution in [0, 0.1) is 18.7 Å². The van der Waals surface area contributed by atoms with Crippen LogP contribution in [0.1, 0.15) is 44.2 Å². The van der Waals surface area contributed by atoms with Crippen molar-refractivity contribution in [2.24, 2.45) is 5.92 Å². The molecule has 0 aliphatic carbocycles. The number of nitrogens with zero attached hydrogens (tertiary/aromatic N) is 1. The molecule has 1 aromatic rings. The lowest BCUT2D eigenvalue weighted by molar-refractivity contribution is -0.162. The van der Waals surface area contributed by atoms with Crippen LogP contribution in [0.3, 0.4) is 0 Å². The number of carbonyl (C=O) groups excluding carboxylic acids is 1. The number of carboxylic acid groups (broad SMARTS) is 1. The molecule has 0 aromatic heterocycles. The van der Waals surface area contributed by atoms with E-state index >= 15 is 0 Å². The van der Waals surface area contributed by atoms with Gasteiger partial charge in [-0.15, -0.1) is 0 Å². The number of esters is 1. The molecule has 0 radical (unpaired) electrons. The van der Waals surface area contributed by atoms with E-state index in [0.29, 0.717) is 13.0 Å². The summed E-state index contributed by atoms with van der Waals surface area (Å²) in [6.45, 7) is 7.57. The average Bonchev–Trinajstić information content (AvgIpc) is 2.45. The maximum atomic E-state index is 13.4. The smallest absolute Gasteiger partial charge is 0.407 e. The van der Waals surface area contributed by atoms with Crippen molar-refractivity contribution in [2.75, 3.05) is 13.1 Å². The van der Waals surface area contributed by atoms with E-state index < -0.39 is 23.6 Å². The first-order valence-corrected chi connectivity index (χ1v) is 8.05. The van der Waals surface area contributed by atoms with Crippen LogP contribution in [0.25, 0.3) is 0 Å². The predicted molar refractivity (Wildman–Crippen MR) is 87.4 cm³/mol. The lowest BCUT2D eigenvalue weighted by atomic mass is 9.79. The zero-order valence-corrected chi connectivity index (χ0v) is 14.5. The van der Waals surface area contributed by atoms with Crippen LogP contribution in [0.4, 0.5) is 9.18 Å². The van der Waals surface area contributed by atoms with Gasteiger partial charge in [-0.1, -0.05) is 6.07 Å². The number of ether oxygens (including phenoxy) is 1. The highest BCUT2D eigenvalue weighted by molar-refractivity contribution is 5.76. The van der Waals surface area contributed by atoms with Gasteiger partial charge < -0.3 is 14.7 Å². The summed E-state index contributed by atoms with van der Waals surface area (Å²) in [5, 5.41) is 9.24. The van der Waals surface area contributed by atoms with Crippen molar-refractivity contribution in [3.63, 3.8) is 0 Å². The van der Waals surface area contributed by atoms with E-state index in [2.05, 4.69) is 0 Å². The molecule has 2 unspecified atom stereocenters. The van der Waals surface area contributed by atoms with E-state index in [-0.39, 0.29) is 18.3 Å². The number of rotatable bonds is 2. The zero-order chi connectivity index (χ0) is 18.1. The molecule has 1 amide bonds. The molecular formula is C18H24FNO4. The Morgan fingerprint density at radius 3 is 2.54 bits per heavy atom. The topological polar surface area (TPSA) is 66.8 Å². The highest BCUT2D eigenvalue weighted by Crippen LogP contribution is 2.36. The molecule has 1 fully saturated rings. The van der Waals surface area contributed by atoms with Gasteiger partial charge in [0.25, 0.3) is 0 Å². The Hall–Kier alpha value is -2.11. The summed E-state index contributed by atoms with van der Waals surface area (Å²) in [5.41, 5.74) is 0.986. The van der Waals surface area contributed by atoms with Crippen LogP contribution in [0.5, 0.6) is 0 Å². The fourth-order valence-corrected chi connectivity index (χ4v) is 3.17. The minimum Gasteiger partial charge on any atom is -0.465 e. The third-order valence-electron chi connectivity index (χ3n) is 4.22.